The zero-order valence-corrected chi connectivity index (χ0v) is 16.5. The Bertz CT molecular complexity index is 994. The molecule has 2 aromatic heterocycles. The van der Waals surface area contributed by atoms with Gasteiger partial charge in [-0.1, -0.05) is 18.2 Å². The molecule has 1 aliphatic rings. The Morgan fingerprint density at radius 1 is 1.21 bits per heavy atom. The number of rotatable bonds is 5. The zero-order chi connectivity index (χ0) is 20.2. The molecule has 0 saturated carbocycles. The fraction of sp³-hybridized carbons (Fsp3) is 0.286. The third-order valence-corrected chi connectivity index (χ3v) is 6.02. The summed E-state index contributed by atoms with van der Waals surface area (Å²) in [5.74, 6) is -0.582. The standard InChI is InChI=1S/C21H21FN4O2S/c22-16-5-1-2-6-17(16)23-21(28)19-13-18(24-25-19)14-7-9-26(10-8-14)20(27)12-15-4-3-11-29-15/h1-6,11,13-14H,7-10,12H2,(H,23,28)(H,24,25). The van der Waals surface area contributed by atoms with Gasteiger partial charge in [-0.2, -0.15) is 5.10 Å². The van der Waals surface area contributed by atoms with Crippen molar-refractivity contribution in [2.24, 2.45) is 0 Å². The monoisotopic (exact) mass is 412 g/mol. The van der Waals surface area contributed by atoms with Crippen LogP contribution in [-0.4, -0.2) is 40.0 Å². The number of halogens is 1. The highest BCUT2D eigenvalue weighted by Crippen LogP contribution is 2.28. The summed E-state index contributed by atoms with van der Waals surface area (Å²) in [6.45, 7) is 1.37. The number of aromatic amines is 1. The largest absolute Gasteiger partial charge is 0.342 e. The lowest BCUT2D eigenvalue weighted by molar-refractivity contribution is -0.131. The molecule has 4 rings (SSSR count). The van der Waals surface area contributed by atoms with Crippen molar-refractivity contribution >= 4 is 28.8 Å². The third kappa shape index (κ3) is 4.54. The number of anilines is 1. The minimum Gasteiger partial charge on any atom is -0.342 e. The number of aromatic nitrogens is 2. The van der Waals surface area contributed by atoms with Crippen LogP contribution in [0, 0.1) is 5.82 Å². The molecule has 3 heterocycles. The lowest BCUT2D eigenvalue weighted by Gasteiger charge is -2.31. The van der Waals surface area contributed by atoms with Crippen LogP contribution in [0.25, 0.3) is 0 Å². The lowest BCUT2D eigenvalue weighted by Crippen LogP contribution is -2.38. The Kier molecular flexibility index (Phi) is 5.71. The maximum Gasteiger partial charge on any atom is 0.276 e. The van der Waals surface area contributed by atoms with Crippen molar-refractivity contribution in [1.82, 2.24) is 15.1 Å². The van der Waals surface area contributed by atoms with Crippen molar-refractivity contribution in [3.05, 3.63) is 69.9 Å². The van der Waals surface area contributed by atoms with E-state index in [4.69, 9.17) is 0 Å². The number of para-hydroxylation sites is 1. The highest BCUT2D eigenvalue weighted by Gasteiger charge is 2.26. The number of carbonyl (C=O) groups is 2. The molecule has 8 heteroatoms. The molecule has 0 atom stereocenters. The highest BCUT2D eigenvalue weighted by atomic mass is 32.1. The Balaban J connectivity index is 1.33. The molecule has 150 valence electrons. The Hall–Kier alpha value is -3.00. The van der Waals surface area contributed by atoms with Crippen LogP contribution in [0.4, 0.5) is 10.1 Å². The summed E-state index contributed by atoms with van der Waals surface area (Å²) >= 11 is 1.60. The average Bonchev–Trinajstić information content (AvgIpc) is 3.42. The number of piperidine rings is 1. The number of likely N-dealkylation sites (tertiary alicyclic amines) is 1. The molecule has 2 amide bonds. The molecule has 0 unspecified atom stereocenters. The Morgan fingerprint density at radius 2 is 2.00 bits per heavy atom. The van der Waals surface area contributed by atoms with Gasteiger partial charge in [-0.15, -0.1) is 11.3 Å². The smallest absolute Gasteiger partial charge is 0.276 e. The summed E-state index contributed by atoms with van der Waals surface area (Å²) in [6.07, 6.45) is 2.08. The van der Waals surface area contributed by atoms with Gasteiger partial charge in [0.25, 0.3) is 5.91 Å². The molecular weight excluding hydrogens is 391 g/mol. The van der Waals surface area contributed by atoms with Crippen molar-refractivity contribution < 1.29 is 14.0 Å². The van der Waals surface area contributed by atoms with E-state index >= 15 is 0 Å². The van der Waals surface area contributed by atoms with E-state index in [2.05, 4.69) is 15.5 Å². The van der Waals surface area contributed by atoms with Crippen molar-refractivity contribution in [1.29, 1.82) is 0 Å². The second-order valence-electron chi connectivity index (χ2n) is 7.05. The van der Waals surface area contributed by atoms with E-state index in [1.807, 2.05) is 22.4 Å². The number of hydrogen-bond donors (Lipinski definition) is 2. The van der Waals surface area contributed by atoms with Crippen molar-refractivity contribution in [3.63, 3.8) is 0 Å². The fourth-order valence-corrected chi connectivity index (χ4v) is 4.22. The molecule has 1 fully saturated rings. The van der Waals surface area contributed by atoms with Crippen LogP contribution < -0.4 is 5.32 Å². The van der Waals surface area contributed by atoms with Gasteiger partial charge in [0.1, 0.15) is 5.82 Å². The lowest BCUT2D eigenvalue weighted by atomic mass is 9.93. The third-order valence-electron chi connectivity index (χ3n) is 5.15. The summed E-state index contributed by atoms with van der Waals surface area (Å²) in [7, 11) is 0. The van der Waals surface area contributed by atoms with E-state index in [1.54, 1.807) is 29.5 Å². The highest BCUT2D eigenvalue weighted by molar-refractivity contribution is 7.10. The molecule has 0 radical (unpaired) electrons. The molecule has 1 saturated heterocycles. The minimum absolute atomic E-state index is 0.125. The van der Waals surface area contributed by atoms with Crippen LogP contribution in [0.2, 0.25) is 0 Å². The first-order valence-electron chi connectivity index (χ1n) is 9.51. The van der Waals surface area contributed by atoms with Crippen molar-refractivity contribution in [2.75, 3.05) is 18.4 Å². The summed E-state index contributed by atoms with van der Waals surface area (Å²) < 4.78 is 13.7. The van der Waals surface area contributed by atoms with Gasteiger partial charge in [-0.25, -0.2) is 4.39 Å². The van der Waals surface area contributed by atoms with Gasteiger partial charge in [0.2, 0.25) is 5.91 Å². The Morgan fingerprint density at radius 3 is 2.72 bits per heavy atom. The van der Waals surface area contributed by atoms with E-state index in [-0.39, 0.29) is 23.2 Å². The van der Waals surface area contributed by atoms with E-state index in [0.29, 0.717) is 19.5 Å². The molecular formula is C21H21FN4O2S. The van der Waals surface area contributed by atoms with Gasteiger partial charge < -0.3 is 10.2 Å². The quantitative estimate of drug-likeness (QED) is 0.669. The second kappa shape index (κ2) is 8.57. The second-order valence-corrected chi connectivity index (χ2v) is 8.09. The maximum atomic E-state index is 13.7. The molecule has 0 bridgehead atoms. The van der Waals surface area contributed by atoms with Gasteiger partial charge in [0.15, 0.2) is 5.69 Å². The molecule has 0 spiro atoms. The molecule has 1 aliphatic heterocycles. The summed E-state index contributed by atoms with van der Waals surface area (Å²) in [6, 6.07) is 11.7. The van der Waals surface area contributed by atoms with Crippen LogP contribution in [0.15, 0.2) is 47.8 Å². The average molecular weight is 412 g/mol. The molecule has 1 aromatic carbocycles. The zero-order valence-electron chi connectivity index (χ0n) is 15.7. The van der Waals surface area contributed by atoms with Gasteiger partial charge in [0, 0.05) is 29.6 Å². The first-order valence-corrected chi connectivity index (χ1v) is 10.4. The van der Waals surface area contributed by atoms with Crippen molar-refractivity contribution in [3.8, 4) is 0 Å². The predicted molar refractivity (Wildman–Crippen MR) is 110 cm³/mol. The first kappa shape index (κ1) is 19.3. The number of carbonyl (C=O) groups excluding carboxylic acids is 2. The van der Waals surface area contributed by atoms with Gasteiger partial charge >= 0.3 is 0 Å². The number of nitrogens with one attached hydrogen (secondary N) is 2. The fourth-order valence-electron chi connectivity index (χ4n) is 3.52. The predicted octanol–water partition coefficient (Wildman–Crippen LogP) is 3.81. The molecule has 29 heavy (non-hydrogen) atoms. The van der Waals surface area contributed by atoms with E-state index in [9.17, 15) is 14.0 Å². The van der Waals surface area contributed by atoms with Crippen LogP contribution in [-0.2, 0) is 11.2 Å². The number of benzene rings is 1. The van der Waals surface area contributed by atoms with E-state index in [1.165, 1.54) is 12.1 Å². The normalized spacial score (nSPS) is 14.7. The number of hydrogen-bond acceptors (Lipinski definition) is 4. The number of H-pyrrole nitrogens is 1. The van der Waals surface area contributed by atoms with Crippen molar-refractivity contribution in [2.45, 2.75) is 25.2 Å². The van der Waals surface area contributed by atoms with E-state index < -0.39 is 11.7 Å². The van der Waals surface area contributed by atoms with Gasteiger partial charge in [-0.05, 0) is 42.5 Å². The molecule has 6 nitrogen and oxygen atoms in total. The van der Waals surface area contributed by atoms with Crippen LogP contribution in [0.1, 0.15) is 39.8 Å². The minimum atomic E-state index is -0.490. The van der Waals surface area contributed by atoms with Gasteiger partial charge in [-0.3, -0.25) is 14.7 Å². The van der Waals surface area contributed by atoms with Crippen LogP contribution in [0.3, 0.4) is 0 Å². The number of thiophene rings is 1. The number of nitrogens with zero attached hydrogens (tertiary/aromatic N) is 2. The SMILES string of the molecule is O=C(Nc1ccccc1F)c1cc(C2CCN(C(=O)Cc3cccs3)CC2)[nH]n1. The number of amides is 2. The molecule has 3 aromatic rings. The molecule has 0 aliphatic carbocycles. The van der Waals surface area contributed by atoms with Gasteiger partial charge in [0.05, 0.1) is 12.1 Å². The van der Waals surface area contributed by atoms with Crippen LogP contribution >= 0.6 is 11.3 Å². The maximum absolute atomic E-state index is 13.7. The summed E-state index contributed by atoms with van der Waals surface area (Å²) in [4.78, 5) is 27.8. The van der Waals surface area contributed by atoms with E-state index in [0.717, 1.165) is 23.4 Å². The topological polar surface area (TPSA) is 78.1 Å². The summed E-state index contributed by atoms with van der Waals surface area (Å²) in [5, 5.41) is 11.5. The first-order chi connectivity index (χ1) is 14.1. The van der Waals surface area contributed by atoms with Crippen LogP contribution in [0.5, 0.6) is 0 Å². The Labute approximate surface area is 171 Å². The molecule has 2 N–H and O–H groups in total. The summed E-state index contributed by atoms with van der Waals surface area (Å²) in [5.41, 5.74) is 1.22.